The molecular weight excluding hydrogens is 516 g/mol. The van der Waals surface area contributed by atoms with Crippen LogP contribution in [0.4, 0.5) is 11.4 Å². The van der Waals surface area contributed by atoms with Crippen molar-refractivity contribution < 1.29 is 4.79 Å². The molecule has 1 amide bonds. The molecule has 194 valence electrons. The molecule has 0 aliphatic carbocycles. The minimum atomic E-state index is -0.193. The monoisotopic (exact) mass is 544 g/mol. The number of hydrogen-bond donors (Lipinski definition) is 2. The van der Waals surface area contributed by atoms with Gasteiger partial charge in [-0.1, -0.05) is 31.5 Å². The van der Waals surface area contributed by atoms with E-state index in [1.165, 1.54) is 0 Å². The lowest BCUT2D eigenvalue weighted by molar-refractivity contribution is -0.118. The van der Waals surface area contributed by atoms with E-state index in [0.717, 1.165) is 34.0 Å². The summed E-state index contributed by atoms with van der Waals surface area (Å²) in [7, 11) is 0. The Bertz CT molecular complexity index is 1490. The molecule has 0 radical (unpaired) electrons. The van der Waals surface area contributed by atoms with Crippen LogP contribution in [0.5, 0.6) is 0 Å². The van der Waals surface area contributed by atoms with Gasteiger partial charge in [0.2, 0.25) is 5.91 Å². The van der Waals surface area contributed by atoms with Crippen LogP contribution in [0.15, 0.2) is 73.2 Å². The number of nitrogens with one attached hydrogen (secondary N) is 2. The number of carbonyl (C=O) groups excluding carboxylic acids is 1. The Morgan fingerprint density at radius 2 is 1.89 bits per heavy atom. The fraction of sp³-hybridized carbons (Fsp3) is 0.241. The Morgan fingerprint density at radius 3 is 2.55 bits per heavy atom. The highest BCUT2D eigenvalue weighted by atomic mass is 35.5. The zero-order chi connectivity index (χ0) is 27.0. The molecule has 1 aliphatic heterocycles. The van der Waals surface area contributed by atoms with Gasteiger partial charge in [0.25, 0.3) is 0 Å². The van der Waals surface area contributed by atoms with Gasteiger partial charge in [-0.15, -0.1) is 0 Å². The van der Waals surface area contributed by atoms with E-state index in [1.807, 2.05) is 68.6 Å². The lowest BCUT2D eigenvalue weighted by Crippen LogP contribution is -2.29. The number of amides is 1. The van der Waals surface area contributed by atoms with Gasteiger partial charge in [-0.3, -0.25) is 14.8 Å². The summed E-state index contributed by atoms with van der Waals surface area (Å²) in [5.41, 5.74) is 6.57. The van der Waals surface area contributed by atoms with Gasteiger partial charge >= 0.3 is 0 Å². The third-order valence-corrected chi connectivity index (χ3v) is 7.43. The number of aryl methyl sites for hydroxylation is 1. The number of nitrogens with zero attached hydrogens (tertiary/aromatic N) is 4. The standard InChI is InChI=1S/C29H29ClN6OS/c1-17(2)28(37)33-24-11-10-20(15-23(24)30)36-27(26(34-29(36)38)25-9-5-6-13-32-25)22-14-18(3)35(19(22)4)21-8-7-12-31-16-21/h5-17,26-27H,1-4H3,(H,33,37)(H,34,38)/t26-,27-/m1/s1. The van der Waals surface area contributed by atoms with Gasteiger partial charge in [0.05, 0.1) is 40.4 Å². The molecule has 1 aromatic carbocycles. The summed E-state index contributed by atoms with van der Waals surface area (Å²) in [5, 5.41) is 7.42. The van der Waals surface area contributed by atoms with Crippen LogP contribution in [0.2, 0.25) is 5.02 Å². The molecule has 0 unspecified atom stereocenters. The maximum absolute atomic E-state index is 12.3. The van der Waals surface area contributed by atoms with E-state index in [2.05, 4.69) is 50.0 Å². The second kappa shape index (κ2) is 10.6. The molecule has 0 saturated carbocycles. The van der Waals surface area contributed by atoms with E-state index in [-0.39, 0.29) is 23.9 Å². The van der Waals surface area contributed by atoms with Gasteiger partial charge in [-0.25, -0.2) is 0 Å². The summed E-state index contributed by atoms with van der Waals surface area (Å²) in [6.07, 6.45) is 5.43. The summed E-state index contributed by atoms with van der Waals surface area (Å²) >= 11 is 12.6. The van der Waals surface area contributed by atoms with Gasteiger partial charge in [-0.05, 0) is 80.2 Å². The first-order chi connectivity index (χ1) is 18.3. The lowest BCUT2D eigenvalue weighted by Gasteiger charge is -2.28. The van der Waals surface area contributed by atoms with E-state index in [0.29, 0.717) is 15.8 Å². The molecule has 0 spiro atoms. The molecule has 1 fully saturated rings. The molecule has 4 heterocycles. The van der Waals surface area contributed by atoms with E-state index < -0.39 is 0 Å². The lowest BCUT2D eigenvalue weighted by atomic mass is 9.96. The van der Waals surface area contributed by atoms with Crippen LogP contribution < -0.4 is 15.5 Å². The first kappa shape index (κ1) is 25.9. The number of aromatic nitrogens is 3. The molecule has 9 heteroatoms. The van der Waals surface area contributed by atoms with Crippen LogP contribution in [0, 0.1) is 19.8 Å². The predicted octanol–water partition coefficient (Wildman–Crippen LogP) is 6.31. The van der Waals surface area contributed by atoms with Crippen molar-refractivity contribution in [2.24, 2.45) is 5.92 Å². The first-order valence-electron chi connectivity index (χ1n) is 12.5. The van der Waals surface area contributed by atoms with Crippen LogP contribution >= 0.6 is 23.8 Å². The SMILES string of the molecule is Cc1cc([C@@H]2[C@@H](c3ccccn3)NC(=S)N2c2ccc(NC(=O)C(C)C)c(Cl)c2)c(C)n1-c1cccnc1. The maximum Gasteiger partial charge on any atom is 0.226 e. The van der Waals surface area contributed by atoms with Crippen molar-refractivity contribution in [1.82, 2.24) is 19.9 Å². The molecule has 2 atom stereocenters. The van der Waals surface area contributed by atoms with E-state index in [1.54, 1.807) is 12.4 Å². The van der Waals surface area contributed by atoms with Gasteiger partial charge in [0.15, 0.2) is 5.11 Å². The Hall–Kier alpha value is -3.75. The first-order valence-corrected chi connectivity index (χ1v) is 13.2. The number of thiocarbonyl (C=S) groups is 1. The molecule has 4 aromatic rings. The van der Waals surface area contributed by atoms with Gasteiger partial charge in [-0.2, -0.15) is 0 Å². The minimum Gasteiger partial charge on any atom is -0.351 e. The van der Waals surface area contributed by atoms with Crippen LogP contribution in [0.25, 0.3) is 5.69 Å². The van der Waals surface area contributed by atoms with E-state index in [4.69, 9.17) is 23.8 Å². The predicted molar refractivity (Wildman–Crippen MR) is 156 cm³/mol. The van der Waals surface area contributed by atoms with Crippen LogP contribution in [-0.4, -0.2) is 25.6 Å². The number of benzene rings is 1. The van der Waals surface area contributed by atoms with Crippen molar-refractivity contribution in [1.29, 1.82) is 0 Å². The quantitative estimate of drug-likeness (QED) is 0.277. The van der Waals surface area contributed by atoms with Crippen LogP contribution in [-0.2, 0) is 4.79 Å². The minimum absolute atomic E-state index is 0.0889. The van der Waals surface area contributed by atoms with Crippen molar-refractivity contribution in [3.63, 3.8) is 0 Å². The number of hydrogen-bond acceptors (Lipinski definition) is 4. The third-order valence-electron chi connectivity index (χ3n) is 6.80. The Balaban J connectivity index is 1.61. The molecular formula is C29H29ClN6OS. The topological polar surface area (TPSA) is 75.1 Å². The van der Waals surface area contributed by atoms with Crippen LogP contribution in [0.3, 0.4) is 0 Å². The molecule has 5 rings (SSSR count). The van der Waals surface area contributed by atoms with Crippen LogP contribution in [0.1, 0.15) is 48.6 Å². The summed E-state index contributed by atoms with van der Waals surface area (Å²) in [6, 6.07) is 17.3. The highest BCUT2D eigenvalue weighted by Crippen LogP contribution is 2.44. The number of anilines is 2. The normalized spacial score (nSPS) is 17.1. The summed E-state index contributed by atoms with van der Waals surface area (Å²) in [5.74, 6) is -0.242. The largest absolute Gasteiger partial charge is 0.351 e. The number of pyridine rings is 2. The van der Waals surface area contributed by atoms with Crippen molar-refractivity contribution in [2.75, 3.05) is 10.2 Å². The molecule has 1 saturated heterocycles. The zero-order valence-corrected chi connectivity index (χ0v) is 23.2. The zero-order valence-electron chi connectivity index (χ0n) is 21.6. The third kappa shape index (κ3) is 4.77. The summed E-state index contributed by atoms with van der Waals surface area (Å²) < 4.78 is 2.20. The van der Waals surface area contributed by atoms with Crippen molar-refractivity contribution in [3.05, 3.63) is 101 Å². The second-order valence-corrected chi connectivity index (χ2v) is 10.5. The van der Waals surface area contributed by atoms with E-state index >= 15 is 0 Å². The van der Waals surface area contributed by atoms with Crippen molar-refractivity contribution >= 4 is 46.2 Å². The average Bonchev–Trinajstić information content (AvgIpc) is 3.41. The number of rotatable bonds is 6. The Kier molecular flexibility index (Phi) is 7.19. The maximum atomic E-state index is 12.3. The summed E-state index contributed by atoms with van der Waals surface area (Å²) in [6.45, 7) is 7.89. The van der Waals surface area contributed by atoms with Gasteiger partial charge < -0.3 is 20.1 Å². The second-order valence-electron chi connectivity index (χ2n) is 9.68. The Labute approximate surface area is 232 Å². The summed E-state index contributed by atoms with van der Waals surface area (Å²) in [4.78, 5) is 23.3. The smallest absolute Gasteiger partial charge is 0.226 e. The Morgan fingerprint density at radius 1 is 1.08 bits per heavy atom. The van der Waals surface area contributed by atoms with Gasteiger partial charge in [0.1, 0.15) is 0 Å². The number of carbonyl (C=O) groups is 1. The molecule has 7 nitrogen and oxygen atoms in total. The number of halogens is 1. The van der Waals surface area contributed by atoms with Crippen molar-refractivity contribution in [2.45, 2.75) is 39.8 Å². The molecule has 2 N–H and O–H groups in total. The fourth-order valence-electron chi connectivity index (χ4n) is 4.95. The highest BCUT2D eigenvalue weighted by molar-refractivity contribution is 7.80. The molecule has 38 heavy (non-hydrogen) atoms. The van der Waals surface area contributed by atoms with Crippen molar-refractivity contribution in [3.8, 4) is 5.69 Å². The average molecular weight is 545 g/mol. The van der Waals surface area contributed by atoms with E-state index in [9.17, 15) is 4.79 Å². The van der Waals surface area contributed by atoms with Gasteiger partial charge in [0, 0.05) is 35.4 Å². The molecule has 0 bridgehead atoms. The molecule has 1 aliphatic rings. The molecule has 3 aromatic heterocycles. The fourth-order valence-corrected chi connectivity index (χ4v) is 5.52. The highest BCUT2D eigenvalue weighted by Gasteiger charge is 2.42.